The lowest BCUT2D eigenvalue weighted by molar-refractivity contribution is 1.11. The molecule has 0 unspecified atom stereocenters. The van der Waals surface area contributed by atoms with Crippen LogP contribution in [0.3, 0.4) is 0 Å². The van der Waals surface area contributed by atoms with Gasteiger partial charge in [-0.25, -0.2) is 59.8 Å². The Morgan fingerprint density at radius 1 is 0.153 bits per heavy atom. The van der Waals surface area contributed by atoms with Crippen LogP contribution in [-0.4, -0.2) is 73.5 Å². The zero-order valence-corrected chi connectivity index (χ0v) is 82.5. The highest BCUT2D eigenvalue weighted by Gasteiger charge is 2.28. The van der Waals surface area contributed by atoms with Gasteiger partial charge in [0.1, 0.15) is 0 Å². The normalized spacial score (nSPS) is 11.7. The Morgan fingerprint density at radius 2 is 0.440 bits per heavy atom. The Bertz CT molecular complexity index is 10800. The molecule has 0 aliphatic rings. The molecule has 12 aromatic heterocycles. The predicted molar refractivity (Wildman–Crippen MR) is 621 cm³/mol. The van der Waals surface area contributed by atoms with Gasteiger partial charge in [0.15, 0.2) is 34.9 Å². The Hall–Kier alpha value is -19.5. The van der Waals surface area contributed by atoms with Crippen molar-refractivity contribution in [3.8, 4) is 131 Å². The second kappa shape index (κ2) is 36.4. The standard InChI is InChI=1S/C46H27N5S.C44H27N5S.C42H25N5S/c1-3-14-29(15-4-1)41-44-43(34-20-10-12-22-39(34)52-44)50-46(48-41)45-47-40(35-25-23-28-13-7-8-18-32(28)42(35)49-45)30-24-26-38-36(27-30)33-19-9-11-21-37(33)51(38)31-16-5-2-6-17-31;1-4-14-28(15-5-1)35-27-36(30-24-25-38-34(26-30)32-20-10-12-22-37(32)49(38)31-18-8-3-9-19-31)46-43(45-35)44-47-40(29-16-6-2-7-17-29)42-41(48-44)33-21-11-13-23-39(33)50-42;1-3-13-26(14-4-1)38-40-39(31-19-9-12-22-36(31)48-40)46-42(45-38)41-43-33-20-10-7-18-30(33)37(44-41)27-23-24-35-32(25-27)29-17-8-11-21-34(29)47(35)28-15-5-2-6-16-28/h1-27H;1-27H;1-25H. The van der Waals surface area contributed by atoms with Crippen molar-refractivity contribution in [2.75, 3.05) is 0 Å². The number of fused-ring (bicyclic) bond motifs is 22. The van der Waals surface area contributed by atoms with Crippen LogP contribution in [0, 0.1) is 0 Å². The molecular formula is C132H79N15S3. The van der Waals surface area contributed by atoms with Gasteiger partial charge in [-0.2, -0.15) is 0 Å². The van der Waals surface area contributed by atoms with Crippen molar-refractivity contribution in [2.24, 2.45) is 0 Å². The van der Waals surface area contributed by atoms with Gasteiger partial charge < -0.3 is 13.7 Å². The van der Waals surface area contributed by atoms with E-state index in [1.807, 2.05) is 78.9 Å². The third-order valence-electron chi connectivity index (χ3n) is 28.3. The summed E-state index contributed by atoms with van der Waals surface area (Å²) in [6.45, 7) is 0. The molecule has 0 aliphatic heterocycles. The summed E-state index contributed by atoms with van der Waals surface area (Å²) in [6.07, 6.45) is 0. The molecule has 0 saturated heterocycles. The van der Waals surface area contributed by atoms with E-state index in [0.29, 0.717) is 34.9 Å². The summed E-state index contributed by atoms with van der Waals surface area (Å²) in [5.74, 6) is 3.01. The average Bonchev–Trinajstić information content (AvgIpc) is 1.48. The van der Waals surface area contributed by atoms with E-state index in [1.165, 1.54) is 52.1 Å². The van der Waals surface area contributed by atoms with Crippen LogP contribution >= 0.6 is 34.0 Å². The van der Waals surface area contributed by atoms with Crippen molar-refractivity contribution in [3.05, 3.63) is 479 Å². The number of para-hydroxylation sites is 7. The molecular weight excluding hydrogens is 1890 g/mol. The molecule has 15 nitrogen and oxygen atoms in total. The van der Waals surface area contributed by atoms with Gasteiger partial charge in [-0.15, -0.1) is 34.0 Å². The smallest absolute Gasteiger partial charge is 0.199 e. The van der Waals surface area contributed by atoms with Crippen LogP contribution in [-0.2, 0) is 0 Å². The van der Waals surface area contributed by atoms with Gasteiger partial charge in [0, 0.05) is 135 Å². The minimum atomic E-state index is 0.488. The van der Waals surface area contributed by atoms with E-state index >= 15 is 0 Å². The van der Waals surface area contributed by atoms with Crippen LogP contribution in [0.1, 0.15) is 0 Å². The number of aromatic nitrogens is 15. The van der Waals surface area contributed by atoms with Crippen LogP contribution < -0.4 is 0 Å². The number of nitrogens with zero attached hydrogens (tertiary/aromatic N) is 15. The third kappa shape index (κ3) is 15.1. The van der Waals surface area contributed by atoms with Gasteiger partial charge in [0.25, 0.3) is 0 Å². The topological polar surface area (TPSA) is 169 Å². The number of rotatable bonds is 13. The van der Waals surface area contributed by atoms with Gasteiger partial charge in [-0.05, 0) is 133 Å². The predicted octanol–water partition coefficient (Wildman–Crippen LogP) is 34.3. The Kier molecular flexibility index (Phi) is 21.1. The SMILES string of the molecule is c1ccc(-c2cc(-c3ccc4c(c3)c3ccccc3n4-c3ccccc3)nc(-c3nc(-c4ccccc4)c4sc5ccccc5c4n3)n2)cc1.c1ccc(-c2nc(-c3nc(-c4ccc5c(c4)c4ccccc4n5-c4ccccc4)c4ccc5ccccc5c4n3)nc3c2sc2ccccc23)cc1.c1ccc(-c2nc(-c3nc(-c4ccc5c(c4)c4ccccc4n5-c4ccccc4)c4ccccc4n3)nc3c2sc2ccccc23)cc1. The maximum Gasteiger partial charge on any atom is 0.199 e. The van der Waals surface area contributed by atoms with Crippen molar-refractivity contribution in [2.45, 2.75) is 0 Å². The van der Waals surface area contributed by atoms with Crippen molar-refractivity contribution in [1.29, 1.82) is 0 Å². The van der Waals surface area contributed by atoms with Crippen molar-refractivity contribution in [1.82, 2.24) is 73.5 Å². The maximum absolute atomic E-state index is 5.37. The minimum absolute atomic E-state index is 0.488. The van der Waals surface area contributed by atoms with Crippen molar-refractivity contribution in [3.63, 3.8) is 0 Å². The molecule has 150 heavy (non-hydrogen) atoms. The zero-order chi connectivity index (χ0) is 98.8. The molecule has 0 spiro atoms. The van der Waals surface area contributed by atoms with E-state index in [9.17, 15) is 0 Å². The molecule has 0 bridgehead atoms. The summed E-state index contributed by atoms with van der Waals surface area (Å²) in [4.78, 5) is 62.5. The highest BCUT2D eigenvalue weighted by atomic mass is 32.1. The third-order valence-corrected chi connectivity index (χ3v) is 31.8. The maximum atomic E-state index is 5.37. The lowest BCUT2D eigenvalue weighted by Crippen LogP contribution is -2.01. The highest BCUT2D eigenvalue weighted by molar-refractivity contribution is 7.27. The average molecular weight is 1970 g/mol. The van der Waals surface area contributed by atoms with Crippen LogP contribution in [0.15, 0.2) is 479 Å². The van der Waals surface area contributed by atoms with Gasteiger partial charge in [0.05, 0.1) is 115 Å². The Balaban J connectivity index is 0.000000106. The molecule has 0 radical (unpaired) electrons. The van der Waals surface area contributed by atoms with Crippen LogP contribution in [0.25, 0.3) is 290 Å². The molecule has 0 N–H and O–H groups in total. The number of thiophene rings is 3. The van der Waals surface area contributed by atoms with E-state index in [4.69, 9.17) is 59.8 Å². The van der Waals surface area contributed by atoms with E-state index < -0.39 is 0 Å². The Morgan fingerprint density at radius 3 is 0.853 bits per heavy atom. The molecule has 0 aliphatic carbocycles. The lowest BCUT2D eigenvalue weighted by atomic mass is 10.0. The first-order chi connectivity index (χ1) is 74.4. The van der Waals surface area contributed by atoms with Gasteiger partial charge >= 0.3 is 0 Å². The molecule has 0 amide bonds. The monoisotopic (exact) mass is 1970 g/mol. The molecule has 31 rings (SSSR count). The number of hydrogen-bond acceptors (Lipinski definition) is 15. The van der Waals surface area contributed by atoms with E-state index in [0.717, 1.165) is 203 Å². The number of benzene rings is 19. The fourth-order valence-corrected chi connectivity index (χ4v) is 24.9. The fourth-order valence-electron chi connectivity index (χ4n) is 21.4. The molecule has 0 fully saturated rings. The molecule has 19 aromatic carbocycles. The molecule has 0 saturated carbocycles. The van der Waals surface area contributed by atoms with Crippen LogP contribution in [0.4, 0.5) is 0 Å². The molecule has 700 valence electrons. The van der Waals surface area contributed by atoms with Crippen molar-refractivity contribution >= 4 is 193 Å². The first kappa shape index (κ1) is 87.1. The summed E-state index contributed by atoms with van der Waals surface area (Å²) in [5, 5.41) is 14.6. The first-order valence-corrected chi connectivity index (χ1v) is 52.2. The summed E-state index contributed by atoms with van der Waals surface area (Å²) < 4.78 is 13.7. The lowest BCUT2D eigenvalue weighted by Gasteiger charge is -2.12. The minimum Gasteiger partial charge on any atom is -0.309 e. The van der Waals surface area contributed by atoms with Gasteiger partial charge in [0.2, 0.25) is 0 Å². The van der Waals surface area contributed by atoms with Gasteiger partial charge in [-0.3, -0.25) is 0 Å². The Labute approximate surface area is 869 Å². The summed E-state index contributed by atoms with van der Waals surface area (Å²) in [6, 6.07) is 167. The largest absolute Gasteiger partial charge is 0.309 e. The molecule has 31 aromatic rings. The number of hydrogen-bond donors (Lipinski definition) is 0. The highest BCUT2D eigenvalue weighted by Crippen LogP contribution is 2.48. The second-order valence-electron chi connectivity index (χ2n) is 37.2. The van der Waals surface area contributed by atoms with Crippen LogP contribution in [0.5, 0.6) is 0 Å². The summed E-state index contributed by atoms with van der Waals surface area (Å²) in [7, 11) is 0. The second-order valence-corrected chi connectivity index (χ2v) is 40.3. The van der Waals surface area contributed by atoms with E-state index in [2.05, 4.69) is 414 Å². The quantitative estimate of drug-likeness (QED) is 0.100. The first-order valence-electron chi connectivity index (χ1n) is 49.8. The summed E-state index contributed by atoms with van der Waals surface area (Å²) in [5.41, 5.74) is 28.0. The van der Waals surface area contributed by atoms with Crippen molar-refractivity contribution < 1.29 is 0 Å². The molecule has 18 heteroatoms. The zero-order valence-electron chi connectivity index (χ0n) is 80.0. The van der Waals surface area contributed by atoms with E-state index in [1.54, 1.807) is 34.0 Å². The van der Waals surface area contributed by atoms with E-state index in [-0.39, 0.29) is 0 Å². The fraction of sp³-hybridized carbons (Fsp3) is 0. The van der Waals surface area contributed by atoms with Gasteiger partial charge in [-0.1, -0.05) is 352 Å². The summed E-state index contributed by atoms with van der Waals surface area (Å²) >= 11 is 5.17. The van der Waals surface area contributed by atoms with Crippen LogP contribution in [0.2, 0.25) is 0 Å². The molecule has 0 atom stereocenters. The molecule has 12 heterocycles.